The van der Waals surface area contributed by atoms with Crippen molar-refractivity contribution in [2.45, 2.75) is 19.3 Å². The van der Waals surface area contributed by atoms with Crippen LogP contribution in [0.3, 0.4) is 0 Å². The Kier molecular flexibility index (Phi) is 5.39. The summed E-state index contributed by atoms with van der Waals surface area (Å²) in [6.45, 7) is 2.32. The van der Waals surface area contributed by atoms with Gasteiger partial charge in [0.15, 0.2) is 0 Å². The zero-order valence-corrected chi connectivity index (χ0v) is 9.57. The zero-order valence-electron chi connectivity index (χ0n) is 9.57. The third-order valence-corrected chi connectivity index (χ3v) is 2.48. The van der Waals surface area contributed by atoms with E-state index in [9.17, 15) is 9.59 Å². The Bertz CT molecular complexity index is 270. The highest BCUT2D eigenvalue weighted by molar-refractivity contribution is 5.81. The Morgan fingerprint density at radius 3 is 2.69 bits per heavy atom. The zero-order chi connectivity index (χ0) is 11.8. The Balaban J connectivity index is 2.08. The molecule has 90 valence electrons. The molecule has 1 amide bonds. The Morgan fingerprint density at radius 1 is 1.38 bits per heavy atom. The molecule has 1 saturated heterocycles. The molecule has 0 unspecified atom stereocenters. The largest absolute Gasteiger partial charge is 0.466 e. The average Bonchev–Trinajstić information content (AvgIpc) is 2.81. The molecule has 0 saturated carbocycles. The van der Waals surface area contributed by atoms with E-state index in [1.807, 2.05) is 4.90 Å². The minimum absolute atomic E-state index is 0.177. The fourth-order valence-corrected chi connectivity index (χ4v) is 1.58. The van der Waals surface area contributed by atoms with Gasteiger partial charge < -0.3 is 15.0 Å². The minimum Gasteiger partial charge on any atom is -0.466 e. The van der Waals surface area contributed by atoms with Crippen LogP contribution in [0.1, 0.15) is 19.3 Å². The van der Waals surface area contributed by atoms with Gasteiger partial charge in [-0.05, 0) is 12.8 Å². The lowest BCUT2D eigenvalue weighted by Crippen LogP contribution is -2.29. The Morgan fingerprint density at radius 2 is 2.06 bits per heavy atom. The molecule has 0 atom stereocenters. The van der Waals surface area contributed by atoms with E-state index in [1.54, 1.807) is 0 Å². The van der Waals surface area contributed by atoms with Crippen LogP contribution in [0.15, 0.2) is 12.3 Å². The van der Waals surface area contributed by atoms with Gasteiger partial charge in [0.2, 0.25) is 5.91 Å². The molecule has 16 heavy (non-hydrogen) atoms. The second-order valence-electron chi connectivity index (χ2n) is 3.65. The highest BCUT2D eigenvalue weighted by Gasteiger charge is 2.16. The summed E-state index contributed by atoms with van der Waals surface area (Å²) in [6, 6.07) is 0. The molecule has 1 aliphatic heterocycles. The highest BCUT2D eigenvalue weighted by atomic mass is 16.5. The van der Waals surface area contributed by atoms with E-state index in [4.69, 9.17) is 0 Å². The second-order valence-corrected chi connectivity index (χ2v) is 3.65. The molecule has 0 radical (unpaired) electrons. The first-order valence-electron chi connectivity index (χ1n) is 5.49. The van der Waals surface area contributed by atoms with Crippen LogP contribution in [0.25, 0.3) is 0 Å². The number of rotatable bonds is 5. The van der Waals surface area contributed by atoms with Crippen LogP contribution in [0.5, 0.6) is 0 Å². The van der Waals surface area contributed by atoms with E-state index in [-0.39, 0.29) is 5.91 Å². The number of ether oxygens (including phenoxy) is 1. The fraction of sp³-hybridized carbons (Fsp3) is 0.636. The third-order valence-electron chi connectivity index (χ3n) is 2.48. The summed E-state index contributed by atoms with van der Waals surface area (Å²) in [5.41, 5.74) is 0. The first-order chi connectivity index (χ1) is 7.74. The van der Waals surface area contributed by atoms with E-state index in [0.29, 0.717) is 13.0 Å². The van der Waals surface area contributed by atoms with Gasteiger partial charge in [0, 0.05) is 38.3 Å². The summed E-state index contributed by atoms with van der Waals surface area (Å²) < 4.78 is 4.42. The molecule has 1 aliphatic rings. The van der Waals surface area contributed by atoms with E-state index >= 15 is 0 Å². The molecular formula is C11H18N2O3. The van der Waals surface area contributed by atoms with Crippen molar-refractivity contribution < 1.29 is 14.3 Å². The fourth-order valence-electron chi connectivity index (χ4n) is 1.58. The van der Waals surface area contributed by atoms with Crippen molar-refractivity contribution >= 4 is 11.9 Å². The molecule has 1 rings (SSSR count). The predicted octanol–water partition coefficient (Wildman–Crippen LogP) is 0.275. The molecule has 1 heterocycles. The molecule has 0 aromatic carbocycles. The number of carbonyl (C=O) groups excluding carboxylic acids is 2. The van der Waals surface area contributed by atoms with Crippen molar-refractivity contribution in [2.75, 3.05) is 26.7 Å². The molecule has 0 aliphatic carbocycles. The van der Waals surface area contributed by atoms with Gasteiger partial charge in [-0.25, -0.2) is 4.79 Å². The van der Waals surface area contributed by atoms with Crippen LogP contribution >= 0.6 is 0 Å². The summed E-state index contributed by atoms with van der Waals surface area (Å²) in [6.07, 6.45) is 5.48. The van der Waals surface area contributed by atoms with Gasteiger partial charge in [-0.3, -0.25) is 4.79 Å². The molecule has 1 fully saturated rings. The predicted molar refractivity (Wildman–Crippen MR) is 59.6 cm³/mol. The standard InChI is InChI=1S/C11H18N2O3/c1-16-11(15)5-7-12-6-4-10(14)13-8-2-3-9-13/h5,7,12H,2-4,6,8-9H2,1H3/b7-5+. The van der Waals surface area contributed by atoms with Crippen molar-refractivity contribution in [3.05, 3.63) is 12.3 Å². The SMILES string of the molecule is COC(=O)/C=C/NCCC(=O)N1CCCC1. The monoisotopic (exact) mass is 226 g/mol. The van der Waals surface area contributed by atoms with E-state index in [0.717, 1.165) is 25.9 Å². The van der Waals surface area contributed by atoms with Gasteiger partial charge in [0.05, 0.1) is 7.11 Å². The number of methoxy groups -OCH3 is 1. The van der Waals surface area contributed by atoms with Crippen molar-refractivity contribution in [3.63, 3.8) is 0 Å². The van der Waals surface area contributed by atoms with Crippen LogP contribution in [0.4, 0.5) is 0 Å². The summed E-state index contributed by atoms with van der Waals surface area (Å²) in [5.74, 6) is -0.227. The lowest BCUT2D eigenvalue weighted by atomic mass is 10.3. The number of amides is 1. The smallest absolute Gasteiger partial charge is 0.331 e. The van der Waals surface area contributed by atoms with Crippen molar-refractivity contribution in [3.8, 4) is 0 Å². The van der Waals surface area contributed by atoms with Crippen LogP contribution in [0, 0.1) is 0 Å². The number of hydrogen-bond donors (Lipinski definition) is 1. The van der Waals surface area contributed by atoms with Crippen molar-refractivity contribution in [1.82, 2.24) is 10.2 Å². The molecule has 0 spiro atoms. The van der Waals surface area contributed by atoms with E-state index < -0.39 is 5.97 Å². The average molecular weight is 226 g/mol. The quantitative estimate of drug-likeness (QED) is 0.415. The number of hydrogen-bond acceptors (Lipinski definition) is 4. The van der Waals surface area contributed by atoms with E-state index in [2.05, 4.69) is 10.1 Å². The van der Waals surface area contributed by atoms with Gasteiger partial charge in [-0.2, -0.15) is 0 Å². The number of esters is 1. The van der Waals surface area contributed by atoms with Crippen LogP contribution in [-0.2, 0) is 14.3 Å². The maximum atomic E-state index is 11.6. The summed E-state index contributed by atoms with van der Waals surface area (Å²) in [4.78, 5) is 24.1. The molecule has 1 N–H and O–H groups in total. The van der Waals surface area contributed by atoms with Crippen molar-refractivity contribution in [1.29, 1.82) is 0 Å². The Hall–Kier alpha value is -1.52. The summed E-state index contributed by atoms with van der Waals surface area (Å²) in [5, 5.41) is 2.88. The van der Waals surface area contributed by atoms with Crippen molar-refractivity contribution in [2.24, 2.45) is 0 Å². The normalized spacial score (nSPS) is 15.4. The first-order valence-corrected chi connectivity index (χ1v) is 5.49. The van der Waals surface area contributed by atoms with Gasteiger partial charge in [-0.1, -0.05) is 0 Å². The number of likely N-dealkylation sites (tertiary alicyclic amines) is 1. The first kappa shape index (κ1) is 12.5. The van der Waals surface area contributed by atoms with Gasteiger partial charge >= 0.3 is 5.97 Å². The lowest BCUT2D eigenvalue weighted by Gasteiger charge is -2.14. The number of nitrogens with zero attached hydrogens (tertiary/aromatic N) is 1. The second kappa shape index (κ2) is 6.87. The molecule has 0 bridgehead atoms. The molecule has 5 nitrogen and oxygen atoms in total. The van der Waals surface area contributed by atoms with Gasteiger partial charge in [0.25, 0.3) is 0 Å². The molecular weight excluding hydrogens is 208 g/mol. The molecule has 5 heteroatoms. The number of nitrogens with one attached hydrogen (secondary N) is 1. The van der Waals surface area contributed by atoms with E-state index in [1.165, 1.54) is 19.4 Å². The van der Waals surface area contributed by atoms with Crippen LogP contribution in [0.2, 0.25) is 0 Å². The maximum absolute atomic E-state index is 11.6. The molecule has 0 aromatic rings. The minimum atomic E-state index is -0.404. The topological polar surface area (TPSA) is 58.6 Å². The van der Waals surface area contributed by atoms with Gasteiger partial charge in [0.1, 0.15) is 0 Å². The lowest BCUT2D eigenvalue weighted by molar-refractivity contribution is -0.134. The Labute approximate surface area is 95.4 Å². The third kappa shape index (κ3) is 4.33. The van der Waals surface area contributed by atoms with Crippen LogP contribution in [-0.4, -0.2) is 43.5 Å². The number of carbonyl (C=O) groups is 2. The summed E-state index contributed by atoms with van der Waals surface area (Å²) in [7, 11) is 1.32. The van der Waals surface area contributed by atoms with Gasteiger partial charge in [-0.15, -0.1) is 0 Å². The van der Waals surface area contributed by atoms with Crippen LogP contribution < -0.4 is 5.32 Å². The molecule has 0 aromatic heterocycles. The highest BCUT2D eigenvalue weighted by Crippen LogP contribution is 2.08. The maximum Gasteiger partial charge on any atom is 0.331 e. The summed E-state index contributed by atoms with van der Waals surface area (Å²) >= 11 is 0.